The lowest BCUT2D eigenvalue weighted by Gasteiger charge is -2.11. The summed E-state index contributed by atoms with van der Waals surface area (Å²) in [5.41, 5.74) is 0.668. The number of rotatable bonds is 7. The van der Waals surface area contributed by atoms with Crippen molar-refractivity contribution in [2.45, 2.75) is 19.5 Å². The second-order valence-electron chi connectivity index (χ2n) is 7.39. The van der Waals surface area contributed by atoms with Gasteiger partial charge >= 0.3 is 11.7 Å². The Labute approximate surface area is 193 Å². The summed E-state index contributed by atoms with van der Waals surface area (Å²) in [5.74, 6) is 0.423. The lowest BCUT2D eigenvalue weighted by Crippen LogP contribution is -2.39. The third-order valence-electron chi connectivity index (χ3n) is 5.18. The van der Waals surface area contributed by atoms with Gasteiger partial charge in [-0.1, -0.05) is 23.7 Å². The Bertz CT molecular complexity index is 1460. The maximum absolute atomic E-state index is 13.3. The van der Waals surface area contributed by atoms with Gasteiger partial charge < -0.3 is 9.84 Å². The van der Waals surface area contributed by atoms with E-state index in [1.54, 1.807) is 41.0 Å². The van der Waals surface area contributed by atoms with E-state index in [2.05, 4.69) is 4.98 Å². The molecule has 0 bridgehead atoms. The zero-order chi connectivity index (χ0) is 23.5. The molecule has 0 atom stereocenters. The van der Waals surface area contributed by atoms with Gasteiger partial charge in [-0.15, -0.1) is 0 Å². The Morgan fingerprint density at radius 3 is 2.42 bits per heavy atom. The number of aliphatic hydroxyl groups excluding tert-OH is 1. The van der Waals surface area contributed by atoms with Gasteiger partial charge in [-0.25, -0.2) is 4.79 Å². The maximum Gasteiger partial charge on any atom is 0.332 e. The average molecular weight is 466 g/mol. The summed E-state index contributed by atoms with van der Waals surface area (Å²) in [6, 6.07) is 15.8. The van der Waals surface area contributed by atoms with Crippen LogP contribution in [0.25, 0.3) is 11.2 Å². The largest absolute Gasteiger partial charge is 0.425 e. The number of aliphatic hydroxyl groups is 1. The highest BCUT2D eigenvalue weighted by Gasteiger charge is 2.22. The van der Waals surface area contributed by atoms with Crippen molar-refractivity contribution >= 4 is 22.8 Å². The van der Waals surface area contributed by atoms with E-state index >= 15 is 0 Å². The molecule has 0 aliphatic carbocycles. The van der Waals surface area contributed by atoms with Gasteiger partial charge in [-0.3, -0.25) is 18.5 Å². The van der Waals surface area contributed by atoms with Crippen LogP contribution in [0, 0.1) is 11.3 Å². The minimum Gasteiger partial charge on any atom is -0.425 e. The quantitative estimate of drug-likeness (QED) is 0.448. The molecule has 2 heterocycles. The van der Waals surface area contributed by atoms with E-state index in [0.717, 1.165) is 10.1 Å². The van der Waals surface area contributed by atoms with Gasteiger partial charge in [0.25, 0.3) is 5.56 Å². The summed E-state index contributed by atoms with van der Waals surface area (Å²) in [6.07, 6.45) is 0.264. The number of halogens is 1. The zero-order valence-electron chi connectivity index (χ0n) is 17.7. The van der Waals surface area contributed by atoms with Crippen molar-refractivity contribution in [1.29, 1.82) is 5.26 Å². The van der Waals surface area contributed by atoms with Gasteiger partial charge in [0.15, 0.2) is 11.2 Å². The molecule has 0 saturated heterocycles. The van der Waals surface area contributed by atoms with Crippen LogP contribution in [0.15, 0.2) is 58.1 Å². The molecule has 0 radical (unpaired) electrons. The van der Waals surface area contributed by atoms with E-state index in [4.69, 9.17) is 21.6 Å². The molecule has 0 aliphatic heterocycles. The standard InChI is InChI=1S/C23H20ClN5O4/c1-27-20-19(21(31)28(23(27)32)11-2-12-30)29(14-16-3-7-17(24)8-4-16)22(26-20)33-18-9-5-15(13-25)6-10-18/h3-10,30H,2,11-12,14H2,1H3. The van der Waals surface area contributed by atoms with Crippen LogP contribution in [-0.4, -0.2) is 30.4 Å². The SMILES string of the molecule is Cn1c(=O)n(CCCO)c(=O)c2c1nc(Oc1ccc(C#N)cc1)n2Cc1ccc(Cl)cc1. The molecule has 4 aromatic rings. The van der Waals surface area contributed by atoms with Crippen molar-refractivity contribution in [2.24, 2.45) is 7.05 Å². The van der Waals surface area contributed by atoms with Crippen LogP contribution in [0.3, 0.4) is 0 Å². The Morgan fingerprint density at radius 1 is 1.09 bits per heavy atom. The molecule has 0 saturated carbocycles. The second kappa shape index (κ2) is 9.32. The number of benzene rings is 2. The van der Waals surface area contributed by atoms with Gasteiger partial charge in [0.2, 0.25) is 0 Å². The maximum atomic E-state index is 13.3. The number of aryl methyl sites for hydroxylation is 1. The van der Waals surface area contributed by atoms with Gasteiger partial charge in [-0.2, -0.15) is 10.2 Å². The third-order valence-corrected chi connectivity index (χ3v) is 5.44. The summed E-state index contributed by atoms with van der Waals surface area (Å²) in [5, 5.41) is 18.8. The molecular formula is C23H20ClN5O4. The van der Waals surface area contributed by atoms with Crippen molar-refractivity contribution in [2.75, 3.05) is 6.61 Å². The second-order valence-corrected chi connectivity index (χ2v) is 7.83. The predicted octanol–water partition coefficient (Wildman–Crippen LogP) is 2.64. The molecule has 0 unspecified atom stereocenters. The summed E-state index contributed by atoms with van der Waals surface area (Å²) in [4.78, 5) is 30.5. The number of fused-ring (bicyclic) bond motifs is 1. The first-order valence-corrected chi connectivity index (χ1v) is 10.5. The third kappa shape index (κ3) is 4.39. The Morgan fingerprint density at radius 2 is 1.79 bits per heavy atom. The normalized spacial score (nSPS) is 11.0. The number of hydrogen-bond acceptors (Lipinski definition) is 6. The van der Waals surface area contributed by atoms with E-state index in [9.17, 15) is 14.7 Å². The molecule has 0 fully saturated rings. The topological polar surface area (TPSA) is 115 Å². The highest BCUT2D eigenvalue weighted by molar-refractivity contribution is 6.30. The van der Waals surface area contributed by atoms with Gasteiger partial charge in [-0.05, 0) is 48.4 Å². The first kappa shape index (κ1) is 22.3. The molecule has 2 aromatic heterocycles. The minimum absolute atomic E-state index is 0.0792. The van der Waals surface area contributed by atoms with Crippen LogP contribution >= 0.6 is 11.6 Å². The summed E-state index contributed by atoms with van der Waals surface area (Å²) < 4.78 is 9.96. The molecule has 10 heteroatoms. The fraction of sp³-hybridized carbons (Fsp3) is 0.217. The van der Waals surface area contributed by atoms with Crippen LogP contribution in [-0.2, 0) is 20.1 Å². The number of nitrogens with zero attached hydrogens (tertiary/aromatic N) is 5. The number of aromatic nitrogens is 4. The van der Waals surface area contributed by atoms with Crippen molar-refractivity contribution in [1.82, 2.24) is 18.7 Å². The summed E-state index contributed by atoms with van der Waals surface area (Å²) >= 11 is 6.01. The molecule has 4 rings (SSSR count). The Hall–Kier alpha value is -3.87. The van der Waals surface area contributed by atoms with E-state index in [0.29, 0.717) is 16.3 Å². The van der Waals surface area contributed by atoms with Gasteiger partial charge in [0.05, 0.1) is 18.2 Å². The molecule has 1 N–H and O–H groups in total. The lowest BCUT2D eigenvalue weighted by atomic mass is 10.2. The Balaban J connectivity index is 1.91. The van der Waals surface area contributed by atoms with E-state index < -0.39 is 11.2 Å². The van der Waals surface area contributed by atoms with Crippen LogP contribution in [0.2, 0.25) is 5.02 Å². The van der Waals surface area contributed by atoms with E-state index in [-0.39, 0.29) is 43.3 Å². The first-order chi connectivity index (χ1) is 15.9. The van der Waals surface area contributed by atoms with Gasteiger partial charge in [0.1, 0.15) is 5.75 Å². The minimum atomic E-state index is -0.526. The number of ether oxygens (including phenoxy) is 1. The van der Waals surface area contributed by atoms with Crippen LogP contribution in [0.1, 0.15) is 17.5 Å². The molecule has 168 valence electrons. The number of hydrogen-bond donors (Lipinski definition) is 1. The summed E-state index contributed by atoms with van der Waals surface area (Å²) in [6.45, 7) is 0.174. The van der Waals surface area contributed by atoms with Crippen molar-refractivity contribution < 1.29 is 9.84 Å². The molecule has 0 aliphatic rings. The molecule has 2 aromatic carbocycles. The monoisotopic (exact) mass is 465 g/mol. The Kier molecular flexibility index (Phi) is 6.31. The van der Waals surface area contributed by atoms with Gasteiger partial charge in [0, 0.05) is 25.2 Å². The first-order valence-electron chi connectivity index (χ1n) is 10.2. The molecule has 33 heavy (non-hydrogen) atoms. The smallest absolute Gasteiger partial charge is 0.332 e. The lowest BCUT2D eigenvalue weighted by molar-refractivity contribution is 0.277. The molecular weight excluding hydrogens is 446 g/mol. The molecule has 0 spiro atoms. The highest BCUT2D eigenvalue weighted by Crippen LogP contribution is 2.26. The molecule has 9 nitrogen and oxygen atoms in total. The highest BCUT2D eigenvalue weighted by atomic mass is 35.5. The summed E-state index contributed by atoms with van der Waals surface area (Å²) in [7, 11) is 1.53. The van der Waals surface area contributed by atoms with E-state index in [1.807, 2.05) is 18.2 Å². The van der Waals surface area contributed by atoms with Crippen molar-refractivity contribution in [3.63, 3.8) is 0 Å². The zero-order valence-corrected chi connectivity index (χ0v) is 18.5. The predicted molar refractivity (Wildman–Crippen MR) is 123 cm³/mol. The van der Waals surface area contributed by atoms with Crippen molar-refractivity contribution in [3.05, 3.63) is 85.5 Å². The van der Waals surface area contributed by atoms with E-state index in [1.165, 1.54) is 11.6 Å². The molecule has 0 amide bonds. The fourth-order valence-electron chi connectivity index (χ4n) is 3.48. The number of imidazole rings is 1. The fourth-order valence-corrected chi connectivity index (χ4v) is 3.60. The van der Waals surface area contributed by atoms with Crippen LogP contribution < -0.4 is 16.0 Å². The van der Waals surface area contributed by atoms with Crippen LogP contribution in [0.5, 0.6) is 11.8 Å². The number of nitriles is 1. The average Bonchev–Trinajstić information content (AvgIpc) is 3.17. The van der Waals surface area contributed by atoms with Crippen LogP contribution in [0.4, 0.5) is 0 Å². The van der Waals surface area contributed by atoms with Crippen molar-refractivity contribution in [3.8, 4) is 17.8 Å².